The molecule has 1 N–H and O–H groups in total. The molecule has 104 valence electrons. The average Bonchev–Trinajstić information content (AvgIpc) is 3.15. The Kier molecular flexibility index (Phi) is 4.62. The second kappa shape index (κ2) is 6.02. The Labute approximate surface area is 111 Å². The van der Waals surface area contributed by atoms with Gasteiger partial charge in [-0.1, -0.05) is 27.2 Å². The van der Waals surface area contributed by atoms with E-state index in [9.17, 15) is 4.79 Å². The lowest BCUT2D eigenvalue weighted by atomic mass is 9.99. The first-order valence-corrected chi connectivity index (χ1v) is 7.43. The first kappa shape index (κ1) is 13.8. The maximum atomic E-state index is 12.2. The van der Waals surface area contributed by atoms with Crippen LogP contribution in [0.2, 0.25) is 0 Å². The van der Waals surface area contributed by atoms with Gasteiger partial charge in [0.1, 0.15) is 0 Å². The van der Waals surface area contributed by atoms with Gasteiger partial charge in [0.25, 0.3) is 0 Å². The summed E-state index contributed by atoms with van der Waals surface area (Å²) in [6.07, 6.45) is 3.74. The first-order valence-electron chi connectivity index (χ1n) is 7.43. The maximum absolute atomic E-state index is 12.2. The SMILES string of the molecule is CCC(C)C1NCN(CCN(CC)C2CC2)C1=O. The van der Waals surface area contributed by atoms with Crippen LogP contribution in [-0.2, 0) is 4.79 Å². The van der Waals surface area contributed by atoms with Gasteiger partial charge in [-0.05, 0) is 25.3 Å². The minimum atomic E-state index is 0.0472. The summed E-state index contributed by atoms with van der Waals surface area (Å²) in [5, 5.41) is 3.35. The molecule has 1 saturated carbocycles. The standard InChI is InChI=1S/C14H27N3O/c1-4-11(3)13-14(18)17(10-15-13)9-8-16(5-2)12-6-7-12/h11-13,15H,4-10H2,1-3H3. The highest BCUT2D eigenvalue weighted by molar-refractivity contribution is 5.84. The third kappa shape index (κ3) is 3.04. The Morgan fingerprint density at radius 2 is 2.17 bits per heavy atom. The lowest BCUT2D eigenvalue weighted by molar-refractivity contribution is -0.130. The highest BCUT2D eigenvalue weighted by atomic mass is 16.2. The van der Waals surface area contributed by atoms with Crippen LogP contribution >= 0.6 is 0 Å². The van der Waals surface area contributed by atoms with Gasteiger partial charge in [-0.3, -0.25) is 15.0 Å². The van der Waals surface area contributed by atoms with E-state index >= 15 is 0 Å². The number of nitrogens with zero attached hydrogens (tertiary/aromatic N) is 2. The van der Waals surface area contributed by atoms with Crippen LogP contribution in [-0.4, -0.2) is 54.1 Å². The predicted octanol–water partition coefficient (Wildman–Crippen LogP) is 1.27. The quantitative estimate of drug-likeness (QED) is 0.742. The number of likely N-dealkylation sites (N-methyl/N-ethyl adjacent to an activating group) is 1. The van der Waals surface area contributed by atoms with Crippen LogP contribution in [0.3, 0.4) is 0 Å². The van der Waals surface area contributed by atoms with Gasteiger partial charge in [-0.2, -0.15) is 0 Å². The molecule has 2 unspecified atom stereocenters. The molecule has 0 spiro atoms. The van der Waals surface area contributed by atoms with Crippen molar-refractivity contribution < 1.29 is 4.79 Å². The first-order chi connectivity index (χ1) is 8.67. The molecule has 2 atom stereocenters. The Morgan fingerprint density at radius 3 is 2.72 bits per heavy atom. The molecule has 4 nitrogen and oxygen atoms in total. The summed E-state index contributed by atoms with van der Waals surface area (Å²) >= 11 is 0. The highest BCUT2D eigenvalue weighted by Gasteiger charge is 2.35. The van der Waals surface area contributed by atoms with Crippen LogP contribution in [0, 0.1) is 5.92 Å². The monoisotopic (exact) mass is 253 g/mol. The third-order valence-corrected chi connectivity index (χ3v) is 4.42. The van der Waals surface area contributed by atoms with Crippen molar-refractivity contribution in [3.8, 4) is 0 Å². The van der Waals surface area contributed by atoms with E-state index in [0.717, 1.165) is 38.8 Å². The van der Waals surface area contributed by atoms with Gasteiger partial charge in [0, 0.05) is 19.1 Å². The van der Waals surface area contributed by atoms with E-state index in [1.165, 1.54) is 12.8 Å². The summed E-state index contributed by atoms with van der Waals surface area (Å²) in [5.74, 6) is 0.740. The molecule has 0 aromatic carbocycles. The van der Waals surface area contributed by atoms with Crippen molar-refractivity contribution >= 4 is 5.91 Å². The minimum Gasteiger partial charge on any atom is -0.327 e. The Bertz CT molecular complexity index is 291. The van der Waals surface area contributed by atoms with Crippen molar-refractivity contribution in [1.29, 1.82) is 0 Å². The molecule has 1 saturated heterocycles. The van der Waals surface area contributed by atoms with Crippen LogP contribution in [0.1, 0.15) is 40.0 Å². The van der Waals surface area contributed by atoms with Crippen LogP contribution in [0.15, 0.2) is 0 Å². The normalized spacial score (nSPS) is 26.1. The molecule has 0 aromatic heterocycles. The number of amides is 1. The number of hydrogen-bond acceptors (Lipinski definition) is 3. The van der Waals surface area contributed by atoms with Gasteiger partial charge in [0.2, 0.25) is 5.91 Å². The zero-order chi connectivity index (χ0) is 13.1. The van der Waals surface area contributed by atoms with E-state index in [1.54, 1.807) is 0 Å². The molecular weight excluding hydrogens is 226 g/mol. The van der Waals surface area contributed by atoms with Crippen LogP contribution < -0.4 is 5.32 Å². The summed E-state index contributed by atoms with van der Waals surface area (Å²) in [4.78, 5) is 16.7. The molecule has 1 amide bonds. The molecule has 0 aromatic rings. The summed E-state index contributed by atoms with van der Waals surface area (Å²) in [6, 6.07) is 0.844. The molecule has 18 heavy (non-hydrogen) atoms. The molecule has 1 aliphatic carbocycles. The smallest absolute Gasteiger partial charge is 0.241 e. The largest absolute Gasteiger partial charge is 0.327 e. The second-order valence-corrected chi connectivity index (χ2v) is 5.69. The number of carbonyl (C=O) groups is 1. The summed E-state index contributed by atoms with van der Waals surface area (Å²) in [6.45, 7) is 10.3. The molecule has 2 aliphatic rings. The zero-order valence-electron chi connectivity index (χ0n) is 12.0. The van der Waals surface area contributed by atoms with Gasteiger partial charge in [0.15, 0.2) is 0 Å². The van der Waals surface area contributed by atoms with E-state index in [1.807, 2.05) is 4.90 Å². The van der Waals surface area contributed by atoms with Crippen molar-refractivity contribution in [3.05, 3.63) is 0 Å². The van der Waals surface area contributed by atoms with Crippen LogP contribution in [0.25, 0.3) is 0 Å². The predicted molar refractivity (Wildman–Crippen MR) is 73.2 cm³/mol. The summed E-state index contributed by atoms with van der Waals surface area (Å²) < 4.78 is 0. The number of nitrogens with one attached hydrogen (secondary N) is 1. The molecule has 2 fully saturated rings. The van der Waals surface area contributed by atoms with Crippen molar-refractivity contribution in [2.45, 2.75) is 52.1 Å². The summed E-state index contributed by atoms with van der Waals surface area (Å²) in [7, 11) is 0. The van der Waals surface area contributed by atoms with E-state index in [2.05, 4.69) is 31.0 Å². The van der Waals surface area contributed by atoms with Gasteiger partial charge in [-0.15, -0.1) is 0 Å². The molecular formula is C14H27N3O. The van der Waals surface area contributed by atoms with E-state index in [0.29, 0.717) is 11.8 Å². The molecule has 0 bridgehead atoms. The van der Waals surface area contributed by atoms with Gasteiger partial charge >= 0.3 is 0 Å². The molecule has 1 heterocycles. The second-order valence-electron chi connectivity index (χ2n) is 5.69. The van der Waals surface area contributed by atoms with Crippen molar-refractivity contribution in [3.63, 3.8) is 0 Å². The molecule has 0 radical (unpaired) electrons. The van der Waals surface area contributed by atoms with E-state index in [4.69, 9.17) is 0 Å². The fourth-order valence-corrected chi connectivity index (χ4v) is 2.73. The van der Waals surface area contributed by atoms with E-state index < -0.39 is 0 Å². The maximum Gasteiger partial charge on any atom is 0.241 e. The highest BCUT2D eigenvalue weighted by Crippen LogP contribution is 2.26. The van der Waals surface area contributed by atoms with Crippen molar-refractivity contribution in [1.82, 2.24) is 15.1 Å². The lowest BCUT2D eigenvalue weighted by Crippen LogP contribution is -2.39. The fraction of sp³-hybridized carbons (Fsp3) is 0.929. The van der Waals surface area contributed by atoms with Gasteiger partial charge < -0.3 is 4.90 Å². The van der Waals surface area contributed by atoms with E-state index in [-0.39, 0.29) is 6.04 Å². The fourth-order valence-electron chi connectivity index (χ4n) is 2.73. The molecule has 1 aliphatic heterocycles. The topological polar surface area (TPSA) is 35.6 Å². The number of carbonyl (C=O) groups excluding carboxylic acids is 1. The van der Waals surface area contributed by atoms with Gasteiger partial charge in [-0.25, -0.2) is 0 Å². The Balaban J connectivity index is 1.78. The lowest BCUT2D eigenvalue weighted by Gasteiger charge is -2.24. The number of rotatable bonds is 7. The number of hydrogen-bond donors (Lipinski definition) is 1. The van der Waals surface area contributed by atoms with Crippen LogP contribution in [0.5, 0.6) is 0 Å². The molecule has 4 heteroatoms. The van der Waals surface area contributed by atoms with Crippen molar-refractivity contribution in [2.75, 3.05) is 26.3 Å². The molecule has 2 rings (SSSR count). The third-order valence-electron chi connectivity index (χ3n) is 4.42. The van der Waals surface area contributed by atoms with Crippen molar-refractivity contribution in [2.24, 2.45) is 5.92 Å². The summed E-state index contributed by atoms with van der Waals surface area (Å²) in [5.41, 5.74) is 0. The van der Waals surface area contributed by atoms with Gasteiger partial charge in [0.05, 0.1) is 12.7 Å². The van der Waals surface area contributed by atoms with Crippen LogP contribution in [0.4, 0.5) is 0 Å². The minimum absolute atomic E-state index is 0.0472. The Hall–Kier alpha value is -0.610. The zero-order valence-corrected chi connectivity index (χ0v) is 12.0. The average molecular weight is 253 g/mol. The Morgan fingerprint density at radius 1 is 1.44 bits per heavy atom.